The van der Waals surface area contributed by atoms with Crippen LogP contribution in [-0.2, 0) is 11.3 Å². The molecule has 2 heterocycles. The van der Waals surface area contributed by atoms with Crippen molar-refractivity contribution in [3.05, 3.63) is 54.9 Å². The second-order valence-corrected chi connectivity index (χ2v) is 4.55. The molecule has 0 radical (unpaired) electrons. The molecular weight excluding hydrogens is 284 g/mol. The predicted octanol–water partition coefficient (Wildman–Crippen LogP) is -0.330. The average molecular weight is 298 g/mol. The Labute approximate surface area is 126 Å². The highest BCUT2D eigenvalue weighted by atomic mass is 16.2. The highest BCUT2D eigenvalue weighted by molar-refractivity contribution is 5.83. The van der Waals surface area contributed by atoms with E-state index in [0.717, 1.165) is 5.56 Å². The van der Waals surface area contributed by atoms with Crippen molar-refractivity contribution >= 4 is 5.91 Å². The van der Waals surface area contributed by atoms with Crippen LogP contribution in [0.1, 0.15) is 11.6 Å². The molecule has 9 nitrogen and oxygen atoms in total. The molecule has 0 aliphatic heterocycles. The third kappa shape index (κ3) is 3.14. The molecule has 2 aromatic heterocycles. The number of hydrogen-bond acceptors (Lipinski definition) is 6. The number of aromatic nitrogens is 7. The van der Waals surface area contributed by atoms with Crippen LogP contribution in [-0.4, -0.2) is 47.4 Å². The van der Waals surface area contributed by atoms with Gasteiger partial charge in [0.1, 0.15) is 19.0 Å². The molecule has 1 amide bonds. The van der Waals surface area contributed by atoms with Gasteiger partial charge in [0.05, 0.1) is 6.54 Å². The summed E-state index contributed by atoms with van der Waals surface area (Å²) in [5.74, 6) is -0.182. The van der Waals surface area contributed by atoms with Crippen molar-refractivity contribution < 1.29 is 4.79 Å². The maximum absolute atomic E-state index is 12.5. The third-order valence-corrected chi connectivity index (χ3v) is 3.10. The summed E-state index contributed by atoms with van der Waals surface area (Å²) in [5.41, 5.74) is 0.813. The van der Waals surface area contributed by atoms with Gasteiger partial charge < -0.3 is 5.32 Å². The standard InChI is InChI=1S/C13H14N8O/c22-13(15-6-7-20-9-14-8-17-20)12(21-10-16-18-19-21)11-4-2-1-3-5-11/h1-5,8-10,12H,6-7H2,(H,15,22). The Balaban J connectivity index is 1.70. The molecule has 22 heavy (non-hydrogen) atoms. The van der Waals surface area contributed by atoms with E-state index in [2.05, 4.69) is 30.9 Å². The van der Waals surface area contributed by atoms with E-state index in [9.17, 15) is 4.79 Å². The Hall–Kier alpha value is -3.10. The third-order valence-electron chi connectivity index (χ3n) is 3.10. The molecule has 0 aliphatic carbocycles. The van der Waals surface area contributed by atoms with E-state index >= 15 is 0 Å². The number of benzene rings is 1. The lowest BCUT2D eigenvalue weighted by atomic mass is 10.1. The van der Waals surface area contributed by atoms with Gasteiger partial charge in [-0.2, -0.15) is 5.10 Å². The van der Waals surface area contributed by atoms with E-state index < -0.39 is 6.04 Å². The summed E-state index contributed by atoms with van der Waals surface area (Å²) in [6.45, 7) is 0.983. The maximum Gasteiger partial charge on any atom is 0.249 e. The van der Waals surface area contributed by atoms with Crippen molar-refractivity contribution in [1.29, 1.82) is 0 Å². The highest BCUT2D eigenvalue weighted by Gasteiger charge is 2.23. The van der Waals surface area contributed by atoms with Crippen LogP contribution >= 0.6 is 0 Å². The van der Waals surface area contributed by atoms with Crippen LogP contribution in [0.5, 0.6) is 0 Å². The fraction of sp³-hybridized carbons (Fsp3) is 0.231. The van der Waals surface area contributed by atoms with E-state index in [4.69, 9.17) is 0 Å². The molecule has 9 heteroatoms. The van der Waals surface area contributed by atoms with Crippen molar-refractivity contribution in [2.75, 3.05) is 6.54 Å². The van der Waals surface area contributed by atoms with Crippen molar-refractivity contribution in [2.24, 2.45) is 0 Å². The van der Waals surface area contributed by atoms with Crippen LogP contribution in [0.4, 0.5) is 0 Å². The lowest BCUT2D eigenvalue weighted by Gasteiger charge is -2.16. The van der Waals surface area contributed by atoms with Crippen LogP contribution in [0, 0.1) is 0 Å². The highest BCUT2D eigenvalue weighted by Crippen LogP contribution is 2.16. The zero-order valence-electron chi connectivity index (χ0n) is 11.6. The van der Waals surface area contributed by atoms with Gasteiger partial charge in [0.2, 0.25) is 5.91 Å². The molecule has 0 aliphatic rings. The van der Waals surface area contributed by atoms with Gasteiger partial charge in [-0.3, -0.25) is 9.48 Å². The smallest absolute Gasteiger partial charge is 0.249 e. The molecule has 0 spiro atoms. The van der Waals surface area contributed by atoms with Gasteiger partial charge >= 0.3 is 0 Å². The topological polar surface area (TPSA) is 103 Å². The van der Waals surface area contributed by atoms with Gasteiger partial charge in [-0.05, 0) is 16.0 Å². The van der Waals surface area contributed by atoms with Gasteiger partial charge in [-0.25, -0.2) is 9.67 Å². The number of carbonyl (C=O) groups is 1. The largest absolute Gasteiger partial charge is 0.352 e. The minimum atomic E-state index is -0.605. The number of nitrogens with zero attached hydrogens (tertiary/aromatic N) is 7. The van der Waals surface area contributed by atoms with Gasteiger partial charge in [-0.15, -0.1) is 5.10 Å². The first-order valence-corrected chi connectivity index (χ1v) is 6.72. The Bertz CT molecular complexity index is 695. The second-order valence-electron chi connectivity index (χ2n) is 4.55. The minimum Gasteiger partial charge on any atom is -0.352 e. The first-order valence-electron chi connectivity index (χ1n) is 6.72. The van der Waals surface area contributed by atoms with Crippen LogP contribution < -0.4 is 5.32 Å². The predicted molar refractivity (Wildman–Crippen MR) is 75.4 cm³/mol. The summed E-state index contributed by atoms with van der Waals surface area (Å²) >= 11 is 0. The summed E-state index contributed by atoms with van der Waals surface area (Å²) in [6, 6.07) is 8.76. The number of carbonyl (C=O) groups excluding carboxylic acids is 1. The lowest BCUT2D eigenvalue weighted by Crippen LogP contribution is -2.35. The number of hydrogen-bond donors (Lipinski definition) is 1. The summed E-state index contributed by atoms with van der Waals surface area (Å²) in [5, 5.41) is 17.9. The van der Waals surface area contributed by atoms with E-state index in [-0.39, 0.29) is 5.91 Å². The molecule has 3 aromatic rings. The lowest BCUT2D eigenvalue weighted by molar-refractivity contribution is -0.123. The molecule has 112 valence electrons. The van der Waals surface area contributed by atoms with Crippen LogP contribution in [0.2, 0.25) is 0 Å². The van der Waals surface area contributed by atoms with Crippen molar-refractivity contribution in [2.45, 2.75) is 12.6 Å². The molecule has 0 bridgehead atoms. The van der Waals surface area contributed by atoms with Gasteiger partial charge in [0.25, 0.3) is 0 Å². The normalized spacial score (nSPS) is 12.0. The molecule has 1 aromatic carbocycles. The molecule has 3 rings (SSSR count). The monoisotopic (exact) mass is 298 g/mol. The second kappa shape index (κ2) is 6.57. The molecular formula is C13H14N8O. The summed E-state index contributed by atoms with van der Waals surface area (Å²) in [4.78, 5) is 16.3. The van der Waals surface area contributed by atoms with Gasteiger partial charge in [-0.1, -0.05) is 30.3 Å². The number of amides is 1. The fourth-order valence-corrected chi connectivity index (χ4v) is 2.08. The first kappa shape index (κ1) is 13.9. The zero-order chi connectivity index (χ0) is 15.2. The van der Waals surface area contributed by atoms with E-state index in [0.29, 0.717) is 13.1 Å². The summed E-state index contributed by atoms with van der Waals surface area (Å²) in [6.07, 6.45) is 4.48. The first-order chi connectivity index (χ1) is 10.8. The number of tetrazole rings is 1. The Kier molecular flexibility index (Phi) is 4.14. The molecule has 0 fully saturated rings. The fourth-order valence-electron chi connectivity index (χ4n) is 2.08. The Morgan fingerprint density at radius 3 is 2.77 bits per heavy atom. The summed E-state index contributed by atoms with van der Waals surface area (Å²) < 4.78 is 3.08. The molecule has 1 N–H and O–H groups in total. The van der Waals surface area contributed by atoms with Crippen LogP contribution in [0.15, 0.2) is 49.3 Å². The van der Waals surface area contributed by atoms with E-state index in [1.54, 1.807) is 11.0 Å². The Morgan fingerprint density at radius 1 is 1.23 bits per heavy atom. The SMILES string of the molecule is O=C(NCCn1cncn1)C(c1ccccc1)n1cnnn1. The number of rotatable bonds is 6. The number of nitrogens with one attached hydrogen (secondary N) is 1. The van der Waals surface area contributed by atoms with E-state index in [1.165, 1.54) is 17.3 Å². The minimum absolute atomic E-state index is 0.182. The molecule has 0 saturated heterocycles. The maximum atomic E-state index is 12.5. The van der Waals surface area contributed by atoms with Crippen LogP contribution in [0.3, 0.4) is 0 Å². The van der Waals surface area contributed by atoms with Crippen molar-refractivity contribution in [3.8, 4) is 0 Å². The van der Waals surface area contributed by atoms with E-state index in [1.807, 2.05) is 30.3 Å². The average Bonchev–Trinajstić information content (AvgIpc) is 3.22. The van der Waals surface area contributed by atoms with Crippen molar-refractivity contribution in [1.82, 2.24) is 40.3 Å². The zero-order valence-corrected chi connectivity index (χ0v) is 11.6. The van der Waals surface area contributed by atoms with Crippen LogP contribution in [0.25, 0.3) is 0 Å². The van der Waals surface area contributed by atoms with Gasteiger partial charge in [0.15, 0.2) is 6.04 Å². The quantitative estimate of drug-likeness (QED) is 0.668. The molecule has 1 atom stereocenters. The molecule has 0 saturated carbocycles. The van der Waals surface area contributed by atoms with Gasteiger partial charge in [0, 0.05) is 6.54 Å². The summed E-state index contributed by atoms with van der Waals surface area (Å²) in [7, 11) is 0. The molecule has 1 unspecified atom stereocenters. The Morgan fingerprint density at radius 2 is 2.09 bits per heavy atom. The van der Waals surface area contributed by atoms with Crippen molar-refractivity contribution in [3.63, 3.8) is 0 Å².